The van der Waals surface area contributed by atoms with Gasteiger partial charge >= 0.3 is 0 Å². The Morgan fingerprint density at radius 3 is 1.83 bits per heavy atom. The average molecular weight is 425 g/mol. The molecule has 0 aromatic carbocycles. The quantitative estimate of drug-likeness (QED) is 0.137. The molecule has 30 heavy (non-hydrogen) atoms. The number of ether oxygens (including phenoxy) is 3. The number of hydrogen-bond donors (Lipinski definition) is 0. The smallest absolute Gasteiger partial charge is 0.163 e. The van der Waals surface area contributed by atoms with Crippen LogP contribution in [0.3, 0.4) is 0 Å². The fourth-order valence-corrected chi connectivity index (χ4v) is 4.04. The molecule has 1 saturated heterocycles. The van der Waals surface area contributed by atoms with Crippen LogP contribution in [0.2, 0.25) is 0 Å². The van der Waals surface area contributed by atoms with Gasteiger partial charge in [-0.2, -0.15) is 0 Å². The summed E-state index contributed by atoms with van der Waals surface area (Å²) in [5, 5.41) is 0. The summed E-state index contributed by atoms with van der Waals surface area (Å²) in [7, 11) is 0. The highest BCUT2D eigenvalue weighted by Crippen LogP contribution is 2.25. The molecule has 0 N–H and O–H groups in total. The van der Waals surface area contributed by atoms with Gasteiger partial charge < -0.3 is 14.2 Å². The third-order valence-corrected chi connectivity index (χ3v) is 5.93. The van der Waals surface area contributed by atoms with Gasteiger partial charge in [-0.15, -0.1) is 0 Å². The molecule has 3 heteroatoms. The van der Waals surface area contributed by atoms with Crippen LogP contribution in [0.4, 0.5) is 0 Å². The van der Waals surface area contributed by atoms with Crippen LogP contribution in [-0.4, -0.2) is 31.7 Å². The van der Waals surface area contributed by atoms with E-state index in [9.17, 15) is 0 Å². The topological polar surface area (TPSA) is 27.7 Å². The lowest BCUT2D eigenvalue weighted by Gasteiger charge is -2.16. The Labute approximate surface area is 188 Å². The summed E-state index contributed by atoms with van der Waals surface area (Å²) in [5.41, 5.74) is 0. The van der Waals surface area contributed by atoms with Crippen LogP contribution in [0, 0.1) is 0 Å². The fourth-order valence-electron chi connectivity index (χ4n) is 4.04. The molecule has 3 nitrogen and oxygen atoms in total. The lowest BCUT2D eigenvalue weighted by atomic mass is 10.1. The van der Waals surface area contributed by atoms with E-state index in [-0.39, 0.29) is 11.9 Å². The van der Waals surface area contributed by atoms with Gasteiger partial charge in [-0.25, -0.2) is 0 Å². The third kappa shape index (κ3) is 17.3. The first-order chi connectivity index (χ1) is 14.6. The van der Waals surface area contributed by atoms with Gasteiger partial charge in [0.15, 0.2) is 5.79 Å². The number of hydrogen-bond acceptors (Lipinski definition) is 3. The minimum absolute atomic E-state index is 0.274. The third-order valence-electron chi connectivity index (χ3n) is 5.93. The predicted molar refractivity (Wildman–Crippen MR) is 129 cm³/mol. The van der Waals surface area contributed by atoms with Crippen molar-refractivity contribution in [3.05, 3.63) is 12.2 Å². The predicted octanol–water partition coefficient (Wildman–Crippen LogP) is 8.36. The van der Waals surface area contributed by atoms with E-state index < -0.39 is 0 Å². The van der Waals surface area contributed by atoms with Crippen molar-refractivity contribution in [1.82, 2.24) is 0 Å². The molecule has 1 rings (SSSR count). The van der Waals surface area contributed by atoms with Crippen molar-refractivity contribution < 1.29 is 14.2 Å². The van der Waals surface area contributed by atoms with E-state index in [0.29, 0.717) is 0 Å². The molecule has 1 unspecified atom stereocenters. The maximum atomic E-state index is 5.83. The van der Waals surface area contributed by atoms with Crippen LogP contribution in [0.25, 0.3) is 0 Å². The lowest BCUT2D eigenvalue weighted by molar-refractivity contribution is -0.139. The number of rotatable bonds is 21. The second kappa shape index (κ2) is 19.3. The van der Waals surface area contributed by atoms with Crippen molar-refractivity contribution in [3.8, 4) is 0 Å². The molecule has 0 saturated carbocycles. The molecule has 0 bridgehead atoms. The summed E-state index contributed by atoms with van der Waals surface area (Å²) in [4.78, 5) is 0. The van der Waals surface area contributed by atoms with E-state index in [1.54, 1.807) is 0 Å². The monoisotopic (exact) mass is 424 g/mol. The van der Waals surface area contributed by atoms with Crippen molar-refractivity contribution in [2.24, 2.45) is 0 Å². The first kappa shape index (κ1) is 27.7. The Morgan fingerprint density at radius 1 is 0.733 bits per heavy atom. The minimum atomic E-state index is -0.384. The molecule has 1 heterocycles. The van der Waals surface area contributed by atoms with E-state index in [1.165, 1.54) is 89.9 Å². The van der Waals surface area contributed by atoms with E-state index in [1.807, 2.05) is 13.8 Å². The minimum Gasteiger partial charge on any atom is -0.381 e. The van der Waals surface area contributed by atoms with E-state index in [4.69, 9.17) is 14.2 Å². The SMILES string of the molecule is CCCCCCCC/C=C\CCCCCCCCOCCCCC1COC(C)(C)O1. The van der Waals surface area contributed by atoms with Crippen LogP contribution in [0.1, 0.15) is 130 Å². The molecule has 0 aromatic rings. The molecular weight excluding hydrogens is 372 g/mol. The van der Waals surface area contributed by atoms with Gasteiger partial charge in [0.05, 0.1) is 12.7 Å². The molecule has 178 valence electrons. The van der Waals surface area contributed by atoms with Gasteiger partial charge in [0.25, 0.3) is 0 Å². The van der Waals surface area contributed by atoms with Crippen LogP contribution in [0.5, 0.6) is 0 Å². The summed E-state index contributed by atoms with van der Waals surface area (Å²) in [6, 6.07) is 0. The second-order valence-electron chi connectivity index (χ2n) is 9.50. The van der Waals surface area contributed by atoms with Gasteiger partial charge in [0.2, 0.25) is 0 Å². The molecule has 0 radical (unpaired) electrons. The molecule has 1 atom stereocenters. The van der Waals surface area contributed by atoms with Gasteiger partial charge in [-0.1, -0.05) is 76.9 Å². The first-order valence-corrected chi connectivity index (χ1v) is 13.2. The highest BCUT2D eigenvalue weighted by atomic mass is 16.7. The van der Waals surface area contributed by atoms with Crippen LogP contribution in [-0.2, 0) is 14.2 Å². The van der Waals surface area contributed by atoms with Gasteiger partial charge in [-0.05, 0) is 65.2 Å². The molecule has 0 aromatic heterocycles. The standard InChI is InChI=1S/C27H52O3/c1-4-5-6-7-8-9-10-11-12-13-14-15-16-17-18-20-23-28-24-21-19-22-26-25-29-27(2,3)30-26/h11-12,26H,4-10,13-25H2,1-3H3/b12-11-. The Kier molecular flexibility index (Phi) is 17.8. The second-order valence-corrected chi connectivity index (χ2v) is 9.50. The molecule has 0 amide bonds. The van der Waals surface area contributed by atoms with Gasteiger partial charge in [0.1, 0.15) is 0 Å². The molecule has 0 spiro atoms. The average Bonchev–Trinajstić information content (AvgIpc) is 3.07. The Hall–Kier alpha value is -0.380. The summed E-state index contributed by atoms with van der Waals surface area (Å²) in [6.07, 6.45) is 27.4. The zero-order valence-electron chi connectivity index (χ0n) is 20.6. The molecule has 1 fully saturated rings. The highest BCUT2D eigenvalue weighted by molar-refractivity contribution is 4.81. The van der Waals surface area contributed by atoms with Crippen LogP contribution >= 0.6 is 0 Å². The Bertz CT molecular complexity index is 392. The highest BCUT2D eigenvalue weighted by Gasteiger charge is 2.31. The van der Waals surface area contributed by atoms with Crippen molar-refractivity contribution in [3.63, 3.8) is 0 Å². The van der Waals surface area contributed by atoms with E-state index >= 15 is 0 Å². The Morgan fingerprint density at radius 2 is 1.27 bits per heavy atom. The van der Waals surface area contributed by atoms with Crippen LogP contribution in [0.15, 0.2) is 12.2 Å². The number of allylic oxidation sites excluding steroid dienone is 2. The summed E-state index contributed by atoms with van der Waals surface area (Å²) < 4.78 is 17.2. The molecule has 0 aliphatic carbocycles. The van der Waals surface area contributed by atoms with E-state index in [0.717, 1.165) is 39.1 Å². The number of unbranched alkanes of at least 4 members (excludes halogenated alkanes) is 13. The lowest BCUT2D eigenvalue weighted by Crippen LogP contribution is -2.21. The zero-order valence-corrected chi connectivity index (χ0v) is 20.6. The van der Waals surface area contributed by atoms with Crippen LogP contribution < -0.4 is 0 Å². The van der Waals surface area contributed by atoms with Crippen molar-refractivity contribution in [1.29, 1.82) is 0 Å². The summed E-state index contributed by atoms with van der Waals surface area (Å²) >= 11 is 0. The maximum Gasteiger partial charge on any atom is 0.163 e. The Balaban J connectivity index is 1.69. The van der Waals surface area contributed by atoms with Crippen molar-refractivity contribution >= 4 is 0 Å². The van der Waals surface area contributed by atoms with Gasteiger partial charge in [0, 0.05) is 13.2 Å². The normalized spacial score (nSPS) is 18.6. The van der Waals surface area contributed by atoms with E-state index in [2.05, 4.69) is 19.1 Å². The molecule has 1 aliphatic rings. The summed E-state index contributed by atoms with van der Waals surface area (Å²) in [5.74, 6) is -0.384. The summed E-state index contributed by atoms with van der Waals surface area (Å²) in [6.45, 7) is 8.82. The fraction of sp³-hybridized carbons (Fsp3) is 0.926. The van der Waals surface area contributed by atoms with Crippen molar-refractivity contribution in [2.45, 2.75) is 142 Å². The van der Waals surface area contributed by atoms with Crippen molar-refractivity contribution in [2.75, 3.05) is 19.8 Å². The first-order valence-electron chi connectivity index (χ1n) is 13.2. The molecule has 1 aliphatic heterocycles. The zero-order chi connectivity index (χ0) is 21.8. The molecular formula is C27H52O3. The largest absolute Gasteiger partial charge is 0.381 e. The van der Waals surface area contributed by atoms with Gasteiger partial charge in [-0.3, -0.25) is 0 Å². The maximum absolute atomic E-state index is 5.83.